The molecule has 2 atom stereocenters. The quantitative estimate of drug-likeness (QED) is 0.822. The monoisotopic (exact) mass is 343 g/mol. The van der Waals surface area contributed by atoms with Crippen LogP contribution in [0.1, 0.15) is 17.5 Å². The number of aliphatic hydroxyl groups excluding tert-OH is 2. The molecule has 6 nitrogen and oxygen atoms in total. The lowest BCUT2D eigenvalue weighted by Gasteiger charge is -2.45. The molecule has 0 radical (unpaired) electrons. The summed E-state index contributed by atoms with van der Waals surface area (Å²) in [5.74, 6) is 0. The molecule has 134 valence electrons. The minimum atomic E-state index is -0.549. The highest BCUT2D eigenvalue weighted by Gasteiger charge is 2.42. The third-order valence-corrected chi connectivity index (χ3v) is 4.95. The first kappa shape index (κ1) is 17.8. The molecule has 3 rings (SSSR count). The number of piperidine rings is 1. The van der Waals surface area contributed by atoms with Crippen molar-refractivity contribution in [2.45, 2.75) is 25.5 Å². The van der Waals surface area contributed by atoms with Gasteiger partial charge in [-0.3, -0.25) is 4.90 Å². The molecule has 1 fully saturated rings. The van der Waals surface area contributed by atoms with Crippen molar-refractivity contribution in [3.05, 3.63) is 53.9 Å². The minimum absolute atomic E-state index is 0.0430. The molecular formula is C19H25N3O3. The van der Waals surface area contributed by atoms with Crippen LogP contribution in [-0.4, -0.2) is 58.0 Å². The largest absolute Gasteiger partial charge is 0.467 e. The lowest BCUT2D eigenvalue weighted by Crippen LogP contribution is -2.54. The minimum Gasteiger partial charge on any atom is -0.467 e. The second kappa shape index (κ2) is 7.91. The number of aromatic nitrogens is 2. The van der Waals surface area contributed by atoms with Gasteiger partial charge in [-0.15, -0.1) is 0 Å². The summed E-state index contributed by atoms with van der Waals surface area (Å²) in [6, 6.07) is 10.4. The average Bonchev–Trinajstić information content (AvgIpc) is 2.66. The molecule has 6 heteroatoms. The Bertz CT molecular complexity index is 665. The Labute approximate surface area is 148 Å². The van der Waals surface area contributed by atoms with Crippen LogP contribution in [0, 0.1) is 5.41 Å². The van der Waals surface area contributed by atoms with Gasteiger partial charge in [-0.1, -0.05) is 30.3 Å². The van der Waals surface area contributed by atoms with Gasteiger partial charge in [0, 0.05) is 43.0 Å². The predicted molar refractivity (Wildman–Crippen MR) is 94.1 cm³/mol. The van der Waals surface area contributed by atoms with Crippen molar-refractivity contribution in [1.82, 2.24) is 14.9 Å². The molecule has 1 aliphatic rings. The van der Waals surface area contributed by atoms with E-state index in [1.807, 2.05) is 30.3 Å². The third-order valence-electron chi connectivity index (χ3n) is 4.95. The number of rotatable bonds is 6. The molecule has 2 heterocycles. The number of aliphatic hydroxyl groups is 2. The van der Waals surface area contributed by atoms with Gasteiger partial charge in [-0.2, -0.15) is 0 Å². The van der Waals surface area contributed by atoms with E-state index in [1.165, 1.54) is 0 Å². The zero-order valence-corrected chi connectivity index (χ0v) is 14.5. The molecule has 1 saturated heterocycles. The molecule has 2 aromatic rings. The number of nitrogens with zero attached hydrogens (tertiary/aromatic N) is 3. The maximum absolute atomic E-state index is 10.6. The van der Waals surface area contributed by atoms with Crippen LogP contribution >= 0.6 is 0 Å². The third kappa shape index (κ3) is 4.15. The fourth-order valence-corrected chi connectivity index (χ4v) is 3.55. The van der Waals surface area contributed by atoms with Crippen LogP contribution in [0.3, 0.4) is 0 Å². The Hall–Kier alpha value is -2.02. The van der Waals surface area contributed by atoms with Crippen LogP contribution in [0.25, 0.3) is 0 Å². The predicted octanol–water partition coefficient (Wildman–Crippen LogP) is 1.27. The molecule has 2 N–H and O–H groups in total. The molecule has 0 bridgehead atoms. The number of hydrogen-bond acceptors (Lipinski definition) is 6. The fourth-order valence-electron chi connectivity index (χ4n) is 3.55. The summed E-state index contributed by atoms with van der Waals surface area (Å²) in [5, 5.41) is 20.7. The average molecular weight is 343 g/mol. The summed E-state index contributed by atoms with van der Waals surface area (Å²) in [4.78, 5) is 10.5. The summed E-state index contributed by atoms with van der Waals surface area (Å²) in [5.41, 5.74) is 1.57. The van der Waals surface area contributed by atoms with Gasteiger partial charge in [0.15, 0.2) is 0 Å². The summed E-state index contributed by atoms with van der Waals surface area (Å²) < 4.78 is 4.99. The zero-order valence-electron chi connectivity index (χ0n) is 14.5. The van der Waals surface area contributed by atoms with Gasteiger partial charge in [0.05, 0.1) is 19.8 Å². The van der Waals surface area contributed by atoms with E-state index in [9.17, 15) is 10.2 Å². The molecule has 0 amide bonds. The Morgan fingerprint density at radius 1 is 1.20 bits per heavy atom. The van der Waals surface area contributed by atoms with E-state index in [2.05, 4.69) is 14.9 Å². The number of benzene rings is 1. The number of ether oxygens (including phenoxy) is 1. The number of methoxy groups -OCH3 is 1. The van der Waals surface area contributed by atoms with Crippen molar-refractivity contribution >= 4 is 0 Å². The summed E-state index contributed by atoms with van der Waals surface area (Å²) in [6.07, 6.45) is 4.30. The van der Waals surface area contributed by atoms with Gasteiger partial charge in [-0.05, 0) is 18.4 Å². The molecule has 1 aliphatic heterocycles. The zero-order chi connectivity index (χ0) is 17.7. The highest BCUT2D eigenvalue weighted by molar-refractivity contribution is 5.18. The van der Waals surface area contributed by atoms with Crippen LogP contribution in [-0.2, 0) is 13.0 Å². The van der Waals surface area contributed by atoms with E-state index in [0.717, 1.165) is 17.7 Å². The maximum Gasteiger partial charge on any atom is 0.316 e. The van der Waals surface area contributed by atoms with Crippen molar-refractivity contribution in [3.8, 4) is 6.01 Å². The van der Waals surface area contributed by atoms with Crippen molar-refractivity contribution in [3.63, 3.8) is 0 Å². The molecule has 25 heavy (non-hydrogen) atoms. The number of likely N-dealkylation sites (tertiary alicyclic amines) is 1. The molecule has 0 aliphatic carbocycles. The molecular weight excluding hydrogens is 318 g/mol. The first-order valence-electron chi connectivity index (χ1n) is 8.55. The van der Waals surface area contributed by atoms with Gasteiger partial charge in [0.25, 0.3) is 0 Å². The van der Waals surface area contributed by atoms with Crippen molar-refractivity contribution < 1.29 is 14.9 Å². The lowest BCUT2D eigenvalue weighted by molar-refractivity contribution is -0.0768. The Morgan fingerprint density at radius 2 is 1.92 bits per heavy atom. The Balaban J connectivity index is 1.72. The van der Waals surface area contributed by atoms with Crippen LogP contribution in [0.2, 0.25) is 0 Å². The standard InChI is InChI=1S/C19H25N3O3/c1-25-18-20-10-16(11-21-18)12-22-8-7-17(24)19(13-22,14-23)9-15-5-3-2-4-6-15/h2-6,10-11,17,23-24H,7-9,12-14H2,1H3/t17-,19+/m0/s1. The summed E-state index contributed by atoms with van der Waals surface area (Å²) in [6.45, 7) is 2.06. The van der Waals surface area contributed by atoms with E-state index in [0.29, 0.717) is 31.9 Å². The summed E-state index contributed by atoms with van der Waals surface area (Å²) >= 11 is 0. The first-order valence-corrected chi connectivity index (χ1v) is 8.55. The normalized spacial score (nSPS) is 24.2. The van der Waals surface area contributed by atoms with E-state index >= 15 is 0 Å². The molecule has 1 aromatic carbocycles. The van der Waals surface area contributed by atoms with Crippen molar-refractivity contribution in [1.29, 1.82) is 0 Å². The molecule has 1 aromatic heterocycles. The SMILES string of the molecule is COc1ncc(CN2CC[C@H](O)[C@](CO)(Cc3ccccc3)C2)cn1. The smallest absolute Gasteiger partial charge is 0.316 e. The topological polar surface area (TPSA) is 78.7 Å². The van der Waals surface area contributed by atoms with Crippen LogP contribution in [0.4, 0.5) is 0 Å². The lowest BCUT2D eigenvalue weighted by atomic mass is 9.73. The van der Waals surface area contributed by atoms with Crippen LogP contribution in [0.15, 0.2) is 42.7 Å². The van der Waals surface area contributed by atoms with Crippen LogP contribution in [0.5, 0.6) is 6.01 Å². The Morgan fingerprint density at radius 3 is 2.56 bits per heavy atom. The first-order chi connectivity index (χ1) is 12.1. The number of hydrogen-bond donors (Lipinski definition) is 2. The van der Waals surface area contributed by atoms with Crippen molar-refractivity contribution in [2.75, 3.05) is 26.8 Å². The van der Waals surface area contributed by atoms with Gasteiger partial charge < -0.3 is 14.9 Å². The molecule has 0 spiro atoms. The van der Waals surface area contributed by atoms with Gasteiger partial charge in [-0.25, -0.2) is 9.97 Å². The van der Waals surface area contributed by atoms with Gasteiger partial charge in [0.1, 0.15) is 0 Å². The van der Waals surface area contributed by atoms with Gasteiger partial charge >= 0.3 is 6.01 Å². The fraction of sp³-hybridized carbons (Fsp3) is 0.474. The summed E-state index contributed by atoms with van der Waals surface area (Å²) in [7, 11) is 1.54. The molecule has 0 unspecified atom stereocenters. The van der Waals surface area contributed by atoms with E-state index in [-0.39, 0.29) is 6.61 Å². The maximum atomic E-state index is 10.6. The second-order valence-electron chi connectivity index (χ2n) is 6.78. The Kier molecular flexibility index (Phi) is 5.63. The van der Waals surface area contributed by atoms with Gasteiger partial charge in [0.2, 0.25) is 0 Å². The van der Waals surface area contributed by atoms with E-state index < -0.39 is 11.5 Å². The van der Waals surface area contributed by atoms with E-state index in [1.54, 1.807) is 19.5 Å². The van der Waals surface area contributed by atoms with E-state index in [4.69, 9.17) is 4.74 Å². The molecule has 0 saturated carbocycles. The van der Waals surface area contributed by atoms with Crippen LogP contribution < -0.4 is 4.74 Å². The highest BCUT2D eigenvalue weighted by atomic mass is 16.5. The highest BCUT2D eigenvalue weighted by Crippen LogP contribution is 2.34. The second-order valence-corrected chi connectivity index (χ2v) is 6.78. The van der Waals surface area contributed by atoms with Crippen molar-refractivity contribution in [2.24, 2.45) is 5.41 Å².